The van der Waals surface area contributed by atoms with Gasteiger partial charge in [0.05, 0.1) is 0 Å². The molecule has 0 fully saturated rings. The first-order chi connectivity index (χ1) is 9.95. The summed E-state index contributed by atoms with van der Waals surface area (Å²) in [5.41, 5.74) is 4.68. The third-order valence-electron chi connectivity index (χ3n) is 3.43. The van der Waals surface area contributed by atoms with Gasteiger partial charge in [-0.25, -0.2) is 0 Å². The quantitative estimate of drug-likeness (QED) is 0.913. The monoisotopic (exact) mass is 284 g/mol. The number of Topliss-reactive ketones (excluding diaryl/α,β-unsaturated/α-hetero) is 1. The summed E-state index contributed by atoms with van der Waals surface area (Å²) >= 11 is 0. The molecule has 1 N–H and O–H groups in total. The maximum Gasteiger partial charge on any atom is 0.167 e. The SMILES string of the molecule is CC(=O)COc1cc(C)c(Cc2ccc(O)cc2)c(C)c1. The van der Waals surface area contributed by atoms with Gasteiger partial charge in [0, 0.05) is 0 Å². The van der Waals surface area contributed by atoms with Crippen LogP contribution in [0.25, 0.3) is 0 Å². The molecule has 2 rings (SSSR count). The van der Waals surface area contributed by atoms with E-state index in [1.54, 1.807) is 12.1 Å². The maximum atomic E-state index is 11.0. The minimum Gasteiger partial charge on any atom is -0.508 e. The van der Waals surface area contributed by atoms with E-state index in [0.29, 0.717) is 0 Å². The topological polar surface area (TPSA) is 46.5 Å². The Kier molecular flexibility index (Phi) is 4.63. The van der Waals surface area contributed by atoms with E-state index in [9.17, 15) is 9.90 Å². The second-order valence-electron chi connectivity index (χ2n) is 5.37. The molecule has 0 spiro atoms. The smallest absolute Gasteiger partial charge is 0.167 e. The Morgan fingerprint density at radius 1 is 1.10 bits per heavy atom. The normalized spacial score (nSPS) is 10.4. The van der Waals surface area contributed by atoms with Gasteiger partial charge >= 0.3 is 0 Å². The lowest BCUT2D eigenvalue weighted by Gasteiger charge is -2.13. The summed E-state index contributed by atoms with van der Waals surface area (Å²) in [6.07, 6.45) is 0.810. The summed E-state index contributed by atoms with van der Waals surface area (Å²) < 4.78 is 5.47. The molecule has 3 nitrogen and oxygen atoms in total. The summed E-state index contributed by atoms with van der Waals surface area (Å²) in [6, 6.07) is 11.2. The number of aromatic hydroxyl groups is 1. The molecule has 0 atom stereocenters. The van der Waals surface area contributed by atoms with Crippen molar-refractivity contribution in [3.63, 3.8) is 0 Å². The lowest BCUT2D eigenvalue weighted by molar-refractivity contribution is -0.118. The van der Waals surface area contributed by atoms with Crippen LogP contribution in [0.3, 0.4) is 0 Å². The average molecular weight is 284 g/mol. The van der Waals surface area contributed by atoms with Gasteiger partial charge in [0.25, 0.3) is 0 Å². The second kappa shape index (κ2) is 6.44. The second-order valence-corrected chi connectivity index (χ2v) is 5.37. The van der Waals surface area contributed by atoms with E-state index in [1.807, 2.05) is 38.1 Å². The van der Waals surface area contributed by atoms with Crippen LogP contribution < -0.4 is 4.74 Å². The fourth-order valence-electron chi connectivity index (χ4n) is 2.32. The fraction of sp³-hybridized carbons (Fsp3) is 0.278. The number of phenolic OH excluding ortho intramolecular Hbond substituents is 1. The van der Waals surface area contributed by atoms with Crippen LogP contribution in [0.2, 0.25) is 0 Å². The van der Waals surface area contributed by atoms with Gasteiger partial charge in [0.15, 0.2) is 5.78 Å². The predicted octanol–water partition coefficient (Wildman–Crippen LogP) is 3.57. The largest absolute Gasteiger partial charge is 0.508 e. The standard InChI is InChI=1S/C18H20O3/c1-12-8-17(21-11-14(3)19)9-13(2)18(12)10-15-4-6-16(20)7-5-15/h4-9,20H,10-11H2,1-3H3. The number of carbonyl (C=O) groups is 1. The fourth-order valence-corrected chi connectivity index (χ4v) is 2.32. The molecule has 0 amide bonds. The average Bonchev–Trinajstić information content (AvgIpc) is 2.42. The van der Waals surface area contributed by atoms with Gasteiger partial charge in [0.1, 0.15) is 18.1 Å². The molecule has 0 unspecified atom stereocenters. The molecule has 0 aromatic heterocycles. The molecule has 0 saturated heterocycles. The van der Waals surface area contributed by atoms with Crippen LogP contribution in [-0.2, 0) is 11.2 Å². The van der Waals surface area contributed by atoms with E-state index in [0.717, 1.165) is 28.9 Å². The Labute approximate surface area is 125 Å². The highest BCUT2D eigenvalue weighted by atomic mass is 16.5. The number of hydrogen-bond acceptors (Lipinski definition) is 3. The molecular formula is C18H20O3. The van der Waals surface area contributed by atoms with Crippen molar-refractivity contribution in [1.29, 1.82) is 0 Å². The van der Waals surface area contributed by atoms with E-state index in [-0.39, 0.29) is 18.1 Å². The summed E-state index contributed by atoms with van der Waals surface area (Å²) in [5.74, 6) is 1.02. The van der Waals surface area contributed by atoms with Crippen molar-refractivity contribution in [1.82, 2.24) is 0 Å². The molecule has 0 radical (unpaired) electrons. The molecule has 0 aliphatic rings. The predicted molar refractivity (Wildman–Crippen MR) is 83.0 cm³/mol. The Hall–Kier alpha value is -2.29. The highest BCUT2D eigenvalue weighted by Crippen LogP contribution is 2.25. The molecule has 2 aromatic carbocycles. The number of benzene rings is 2. The minimum absolute atomic E-state index is 0.0125. The van der Waals surface area contributed by atoms with Gasteiger partial charge in [-0.1, -0.05) is 12.1 Å². The van der Waals surface area contributed by atoms with Crippen molar-refractivity contribution < 1.29 is 14.6 Å². The third kappa shape index (κ3) is 4.09. The Bertz CT molecular complexity index is 619. The third-order valence-corrected chi connectivity index (χ3v) is 3.43. The Morgan fingerprint density at radius 2 is 1.67 bits per heavy atom. The zero-order valence-corrected chi connectivity index (χ0v) is 12.6. The number of phenols is 1. The van der Waals surface area contributed by atoms with E-state index in [2.05, 4.69) is 0 Å². The molecule has 0 aliphatic carbocycles. The zero-order chi connectivity index (χ0) is 15.4. The van der Waals surface area contributed by atoms with Gasteiger partial charge in [-0.3, -0.25) is 4.79 Å². The highest BCUT2D eigenvalue weighted by molar-refractivity contribution is 5.77. The lowest BCUT2D eigenvalue weighted by Crippen LogP contribution is -2.07. The number of carbonyl (C=O) groups excluding carboxylic acids is 1. The number of hydrogen-bond donors (Lipinski definition) is 1. The zero-order valence-electron chi connectivity index (χ0n) is 12.6. The molecule has 21 heavy (non-hydrogen) atoms. The molecule has 0 bridgehead atoms. The summed E-state index contributed by atoms with van der Waals surface area (Å²) in [7, 11) is 0. The first kappa shape index (κ1) is 15.1. The van der Waals surface area contributed by atoms with E-state index in [4.69, 9.17) is 4.74 Å². The van der Waals surface area contributed by atoms with Crippen LogP contribution in [0.1, 0.15) is 29.2 Å². The maximum absolute atomic E-state index is 11.0. The minimum atomic E-state index is 0.0125. The van der Waals surface area contributed by atoms with Crippen molar-refractivity contribution in [2.24, 2.45) is 0 Å². The van der Waals surface area contributed by atoms with Crippen LogP contribution in [0.5, 0.6) is 11.5 Å². The summed E-state index contributed by atoms with van der Waals surface area (Å²) in [5, 5.41) is 9.33. The molecule has 0 aliphatic heterocycles. The number of rotatable bonds is 5. The summed E-state index contributed by atoms with van der Waals surface area (Å²) in [6.45, 7) is 5.71. The highest BCUT2D eigenvalue weighted by Gasteiger charge is 2.08. The first-order valence-corrected chi connectivity index (χ1v) is 6.96. The molecule has 110 valence electrons. The van der Waals surface area contributed by atoms with E-state index in [1.165, 1.54) is 12.5 Å². The number of aryl methyl sites for hydroxylation is 2. The van der Waals surface area contributed by atoms with Crippen molar-refractivity contribution in [2.45, 2.75) is 27.2 Å². The number of ether oxygens (including phenoxy) is 1. The van der Waals surface area contributed by atoms with Gasteiger partial charge in [-0.15, -0.1) is 0 Å². The molecule has 0 saturated carbocycles. The van der Waals surface area contributed by atoms with E-state index >= 15 is 0 Å². The Morgan fingerprint density at radius 3 is 2.19 bits per heavy atom. The van der Waals surface area contributed by atoms with Crippen molar-refractivity contribution in [3.8, 4) is 11.5 Å². The van der Waals surface area contributed by atoms with Crippen LogP contribution in [0.4, 0.5) is 0 Å². The van der Waals surface area contributed by atoms with Crippen LogP contribution in [0, 0.1) is 13.8 Å². The van der Waals surface area contributed by atoms with Crippen molar-refractivity contribution >= 4 is 5.78 Å². The van der Waals surface area contributed by atoms with Gasteiger partial charge < -0.3 is 9.84 Å². The molecule has 2 aromatic rings. The Balaban J connectivity index is 2.20. The van der Waals surface area contributed by atoms with Crippen LogP contribution in [-0.4, -0.2) is 17.5 Å². The summed E-state index contributed by atoms with van der Waals surface area (Å²) in [4.78, 5) is 11.0. The molecule has 0 heterocycles. The first-order valence-electron chi connectivity index (χ1n) is 6.96. The van der Waals surface area contributed by atoms with Gasteiger partial charge in [0.2, 0.25) is 0 Å². The van der Waals surface area contributed by atoms with Crippen LogP contribution >= 0.6 is 0 Å². The molecular weight excluding hydrogens is 264 g/mol. The van der Waals surface area contributed by atoms with Crippen molar-refractivity contribution in [3.05, 3.63) is 58.7 Å². The van der Waals surface area contributed by atoms with Crippen molar-refractivity contribution in [2.75, 3.05) is 6.61 Å². The lowest BCUT2D eigenvalue weighted by atomic mass is 9.96. The molecule has 3 heteroatoms. The van der Waals surface area contributed by atoms with Crippen LogP contribution in [0.15, 0.2) is 36.4 Å². The van der Waals surface area contributed by atoms with Gasteiger partial charge in [-0.2, -0.15) is 0 Å². The van der Waals surface area contributed by atoms with E-state index < -0.39 is 0 Å². The number of ketones is 1. The van der Waals surface area contributed by atoms with Gasteiger partial charge in [-0.05, 0) is 73.7 Å².